The van der Waals surface area contributed by atoms with Gasteiger partial charge in [0.2, 0.25) is 0 Å². The van der Waals surface area contributed by atoms with Crippen molar-refractivity contribution in [2.24, 2.45) is 7.05 Å². The van der Waals surface area contributed by atoms with Crippen molar-refractivity contribution in [1.29, 1.82) is 0 Å². The van der Waals surface area contributed by atoms with Crippen LogP contribution in [-0.4, -0.2) is 13.1 Å². The number of benzene rings is 1. The summed E-state index contributed by atoms with van der Waals surface area (Å²) in [6, 6.07) is 13.1. The Morgan fingerprint density at radius 3 is 1.95 bits per heavy atom. The number of hydrogen-bond acceptors (Lipinski definition) is 1. The van der Waals surface area contributed by atoms with Crippen molar-refractivity contribution in [2.45, 2.75) is 12.8 Å². The SMILES string of the molecule is C[n+]1ccc(C=Cc2ccc(N3CCCC3)cc2)cc1.[Y]. The van der Waals surface area contributed by atoms with Gasteiger partial charge in [-0.2, -0.15) is 0 Å². The van der Waals surface area contributed by atoms with Gasteiger partial charge in [0.15, 0.2) is 12.4 Å². The minimum Gasteiger partial charge on any atom is -0.372 e. The summed E-state index contributed by atoms with van der Waals surface area (Å²) in [7, 11) is 2.03. The van der Waals surface area contributed by atoms with Gasteiger partial charge in [0.1, 0.15) is 7.05 Å². The Kier molecular flexibility index (Phi) is 6.13. The molecule has 3 heteroatoms. The van der Waals surface area contributed by atoms with Gasteiger partial charge in [0.25, 0.3) is 0 Å². The van der Waals surface area contributed by atoms with Gasteiger partial charge in [0, 0.05) is 63.6 Å². The van der Waals surface area contributed by atoms with Gasteiger partial charge in [-0.15, -0.1) is 0 Å². The molecule has 0 amide bonds. The van der Waals surface area contributed by atoms with Gasteiger partial charge in [-0.25, -0.2) is 4.57 Å². The maximum atomic E-state index is 2.46. The molecular formula is C18H21N2Y+. The fourth-order valence-electron chi connectivity index (χ4n) is 2.59. The summed E-state index contributed by atoms with van der Waals surface area (Å²) in [5, 5.41) is 0. The zero-order valence-electron chi connectivity index (χ0n) is 12.6. The van der Waals surface area contributed by atoms with Crippen molar-refractivity contribution in [3.05, 3.63) is 59.9 Å². The first-order valence-corrected chi connectivity index (χ1v) is 7.30. The molecule has 0 spiro atoms. The van der Waals surface area contributed by atoms with Crippen LogP contribution in [0.4, 0.5) is 5.69 Å². The minimum absolute atomic E-state index is 0. The molecule has 2 nitrogen and oxygen atoms in total. The van der Waals surface area contributed by atoms with E-state index in [4.69, 9.17) is 0 Å². The number of aromatic nitrogens is 1. The van der Waals surface area contributed by atoms with E-state index in [0.717, 1.165) is 0 Å². The van der Waals surface area contributed by atoms with Crippen LogP contribution in [0.5, 0.6) is 0 Å². The average Bonchev–Trinajstić information content (AvgIpc) is 3.01. The van der Waals surface area contributed by atoms with Gasteiger partial charge in [-0.1, -0.05) is 24.3 Å². The van der Waals surface area contributed by atoms with Crippen molar-refractivity contribution >= 4 is 17.8 Å². The average molecular weight is 354 g/mol. The summed E-state index contributed by atoms with van der Waals surface area (Å²) in [5.41, 5.74) is 3.83. The number of rotatable bonds is 3. The van der Waals surface area contributed by atoms with E-state index in [1.165, 1.54) is 42.7 Å². The Labute approximate surface area is 152 Å². The van der Waals surface area contributed by atoms with E-state index in [-0.39, 0.29) is 32.7 Å². The van der Waals surface area contributed by atoms with Crippen LogP contribution in [0.3, 0.4) is 0 Å². The van der Waals surface area contributed by atoms with Crippen LogP contribution in [0.15, 0.2) is 48.8 Å². The predicted octanol–water partition coefficient (Wildman–Crippen LogP) is 3.28. The van der Waals surface area contributed by atoms with Crippen molar-refractivity contribution in [3.63, 3.8) is 0 Å². The molecule has 2 aromatic rings. The third-order valence-electron chi connectivity index (χ3n) is 3.84. The molecule has 1 aromatic heterocycles. The number of anilines is 1. The summed E-state index contributed by atoms with van der Waals surface area (Å²) in [6.45, 7) is 2.41. The molecule has 0 unspecified atom stereocenters. The smallest absolute Gasteiger partial charge is 0.169 e. The van der Waals surface area contributed by atoms with Crippen molar-refractivity contribution in [3.8, 4) is 0 Å². The molecule has 0 aliphatic carbocycles. The van der Waals surface area contributed by atoms with Crippen molar-refractivity contribution in [2.75, 3.05) is 18.0 Å². The van der Waals surface area contributed by atoms with Crippen molar-refractivity contribution < 1.29 is 37.3 Å². The van der Waals surface area contributed by atoms with Crippen LogP contribution in [-0.2, 0) is 39.8 Å². The zero-order valence-corrected chi connectivity index (χ0v) is 15.4. The fraction of sp³-hybridized carbons (Fsp3) is 0.278. The topological polar surface area (TPSA) is 7.12 Å². The van der Waals surface area contributed by atoms with Crippen LogP contribution in [0.2, 0.25) is 0 Å². The molecule has 1 aromatic carbocycles. The van der Waals surface area contributed by atoms with Crippen molar-refractivity contribution in [1.82, 2.24) is 0 Å². The van der Waals surface area contributed by atoms with Crippen LogP contribution >= 0.6 is 0 Å². The Balaban J connectivity index is 0.00000161. The first-order valence-electron chi connectivity index (χ1n) is 7.30. The molecule has 1 radical (unpaired) electrons. The number of aryl methyl sites for hydroxylation is 1. The molecule has 0 bridgehead atoms. The summed E-state index contributed by atoms with van der Waals surface area (Å²) in [4.78, 5) is 2.46. The molecule has 0 saturated carbocycles. The summed E-state index contributed by atoms with van der Waals surface area (Å²) >= 11 is 0. The van der Waals surface area contributed by atoms with E-state index in [9.17, 15) is 0 Å². The molecule has 0 atom stereocenters. The van der Waals surface area contributed by atoms with Crippen LogP contribution in [0.1, 0.15) is 24.0 Å². The maximum absolute atomic E-state index is 2.46. The van der Waals surface area contributed by atoms with E-state index >= 15 is 0 Å². The Morgan fingerprint density at radius 2 is 1.38 bits per heavy atom. The van der Waals surface area contributed by atoms with E-state index in [1.54, 1.807) is 0 Å². The second-order valence-corrected chi connectivity index (χ2v) is 5.42. The van der Waals surface area contributed by atoms with E-state index in [1.807, 2.05) is 11.6 Å². The molecule has 1 saturated heterocycles. The van der Waals surface area contributed by atoms with Gasteiger partial charge in [-0.3, -0.25) is 0 Å². The predicted molar refractivity (Wildman–Crippen MR) is 84.4 cm³/mol. The molecule has 1 fully saturated rings. The maximum Gasteiger partial charge on any atom is 0.169 e. The second kappa shape index (κ2) is 7.86. The molecule has 3 rings (SSSR count). The first kappa shape index (κ1) is 16.4. The molecule has 2 heterocycles. The third-order valence-corrected chi connectivity index (χ3v) is 3.84. The van der Waals surface area contributed by atoms with Gasteiger partial charge < -0.3 is 4.90 Å². The van der Waals surface area contributed by atoms with E-state index in [2.05, 4.69) is 65.8 Å². The van der Waals surface area contributed by atoms with E-state index in [0.29, 0.717) is 0 Å². The van der Waals surface area contributed by atoms with Gasteiger partial charge in [-0.05, 0) is 36.1 Å². The normalized spacial score (nSPS) is 14.4. The molecule has 21 heavy (non-hydrogen) atoms. The van der Waals surface area contributed by atoms with Gasteiger partial charge >= 0.3 is 0 Å². The summed E-state index contributed by atoms with van der Waals surface area (Å²) in [5.74, 6) is 0. The first-order chi connectivity index (χ1) is 9.81. The second-order valence-electron chi connectivity index (χ2n) is 5.42. The monoisotopic (exact) mass is 354 g/mol. The van der Waals surface area contributed by atoms with Crippen LogP contribution in [0, 0.1) is 0 Å². The third kappa shape index (κ3) is 4.49. The van der Waals surface area contributed by atoms with Gasteiger partial charge in [0.05, 0.1) is 0 Å². The molecule has 105 valence electrons. The largest absolute Gasteiger partial charge is 0.372 e. The number of hydrogen-bond donors (Lipinski definition) is 0. The molecule has 1 aliphatic heterocycles. The molecular weight excluding hydrogens is 333 g/mol. The summed E-state index contributed by atoms with van der Waals surface area (Å²) in [6.07, 6.45) is 11.1. The molecule has 1 aliphatic rings. The summed E-state index contributed by atoms with van der Waals surface area (Å²) < 4.78 is 2.04. The quantitative estimate of drug-likeness (QED) is 0.768. The van der Waals surface area contributed by atoms with E-state index < -0.39 is 0 Å². The number of pyridine rings is 1. The fourth-order valence-corrected chi connectivity index (χ4v) is 2.59. The Bertz CT molecular complexity index is 582. The Hall–Kier alpha value is -0.986. The standard InChI is InChI=1S/C18H21N2.Y/c1-19-14-10-17(11-15-19)5-4-16-6-8-18(9-7-16)20-12-2-3-13-20;/h4-11,14-15H,2-3,12-13H2,1H3;/q+1;. The number of nitrogens with zero attached hydrogens (tertiary/aromatic N) is 2. The zero-order chi connectivity index (χ0) is 13.8. The van der Waals surface area contributed by atoms with Crippen LogP contribution < -0.4 is 9.47 Å². The molecule has 0 N–H and O–H groups in total. The minimum atomic E-state index is 0. The van der Waals surface area contributed by atoms with Crippen LogP contribution in [0.25, 0.3) is 12.2 Å². The Morgan fingerprint density at radius 1 is 0.857 bits per heavy atom.